The molecule has 2 N–H and O–H groups in total. The van der Waals surface area contributed by atoms with Crippen LogP contribution >= 0.6 is 0 Å². The molecule has 0 saturated carbocycles. The first kappa shape index (κ1) is 14.1. The molecule has 0 spiro atoms. The Morgan fingerprint density at radius 3 is 2.15 bits per heavy atom. The Kier molecular flexibility index (Phi) is 4.03. The van der Waals surface area contributed by atoms with Crippen LogP contribution in [-0.2, 0) is 4.79 Å². The van der Waals surface area contributed by atoms with E-state index in [0.717, 1.165) is 16.8 Å². The number of hydrogen-bond donors (Lipinski definition) is 2. The number of carbonyl (C=O) groups is 1. The maximum atomic E-state index is 12.9. The van der Waals surface area contributed by atoms with Crippen LogP contribution in [0, 0.1) is 19.7 Å². The van der Waals surface area contributed by atoms with Crippen molar-refractivity contribution < 1.29 is 14.3 Å². The number of aryl methyl sites for hydroxylation is 2. The number of carboxylic acids is 1. The van der Waals surface area contributed by atoms with Gasteiger partial charge < -0.3 is 10.4 Å². The smallest absolute Gasteiger partial charge is 0.330 e. The zero-order valence-corrected chi connectivity index (χ0v) is 11.4. The Morgan fingerprint density at radius 2 is 1.65 bits per heavy atom. The van der Waals surface area contributed by atoms with E-state index in [-0.39, 0.29) is 5.82 Å². The highest BCUT2D eigenvalue weighted by molar-refractivity contribution is 5.79. The van der Waals surface area contributed by atoms with Crippen molar-refractivity contribution in [3.63, 3.8) is 0 Å². The molecule has 0 heterocycles. The summed E-state index contributed by atoms with van der Waals surface area (Å²) in [7, 11) is 0. The molecular formula is C16H16FNO2. The molecule has 0 saturated heterocycles. The lowest BCUT2D eigenvalue weighted by Gasteiger charge is -2.17. The number of hydrogen-bond acceptors (Lipinski definition) is 2. The van der Waals surface area contributed by atoms with Crippen LogP contribution in [0.1, 0.15) is 22.7 Å². The molecular weight excluding hydrogens is 257 g/mol. The van der Waals surface area contributed by atoms with Crippen LogP contribution in [0.5, 0.6) is 0 Å². The van der Waals surface area contributed by atoms with Crippen LogP contribution in [0.4, 0.5) is 10.1 Å². The molecule has 0 radical (unpaired) electrons. The lowest BCUT2D eigenvalue weighted by atomic mass is 10.1. The van der Waals surface area contributed by atoms with Gasteiger partial charge in [-0.15, -0.1) is 0 Å². The minimum absolute atomic E-state index is 0.385. The van der Waals surface area contributed by atoms with Crippen molar-refractivity contribution >= 4 is 11.7 Å². The SMILES string of the molecule is Cc1cc(C)cc(NC(C(=O)O)c2ccc(F)cc2)c1. The Labute approximate surface area is 117 Å². The average molecular weight is 273 g/mol. The zero-order chi connectivity index (χ0) is 14.7. The van der Waals surface area contributed by atoms with Crippen molar-refractivity contribution in [2.45, 2.75) is 19.9 Å². The second-order valence-corrected chi connectivity index (χ2v) is 4.84. The van der Waals surface area contributed by atoms with Crippen LogP contribution in [0.3, 0.4) is 0 Å². The summed E-state index contributed by atoms with van der Waals surface area (Å²) in [4.78, 5) is 11.4. The van der Waals surface area contributed by atoms with Gasteiger partial charge in [0.05, 0.1) is 0 Å². The van der Waals surface area contributed by atoms with E-state index < -0.39 is 12.0 Å². The minimum Gasteiger partial charge on any atom is -0.479 e. The fraction of sp³-hybridized carbons (Fsp3) is 0.188. The van der Waals surface area contributed by atoms with Crippen LogP contribution in [0.2, 0.25) is 0 Å². The van der Waals surface area contributed by atoms with Gasteiger partial charge in [0, 0.05) is 5.69 Å². The van der Waals surface area contributed by atoms with Gasteiger partial charge in [0.2, 0.25) is 0 Å². The van der Waals surface area contributed by atoms with Gasteiger partial charge in [-0.3, -0.25) is 0 Å². The highest BCUT2D eigenvalue weighted by atomic mass is 19.1. The zero-order valence-electron chi connectivity index (χ0n) is 11.4. The lowest BCUT2D eigenvalue weighted by molar-refractivity contribution is -0.138. The quantitative estimate of drug-likeness (QED) is 0.893. The summed E-state index contributed by atoms with van der Waals surface area (Å²) in [6, 6.07) is 10.3. The molecule has 0 aliphatic carbocycles. The maximum absolute atomic E-state index is 12.9. The normalized spacial score (nSPS) is 11.9. The molecule has 0 amide bonds. The molecule has 0 aliphatic heterocycles. The van der Waals surface area contributed by atoms with Crippen LogP contribution in [0.25, 0.3) is 0 Å². The Morgan fingerprint density at radius 1 is 1.10 bits per heavy atom. The highest BCUT2D eigenvalue weighted by Gasteiger charge is 2.19. The summed E-state index contributed by atoms with van der Waals surface area (Å²) in [6.07, 6.45) is 0. The summed E-state index contributed by atoms with van der Waals surface area (Å²) in [6.45, 7) is 3.90. The molecule has 104 valence electrons. The second kappa shape index (κ2) is 5.74. The van der Waals surface area contributed by atoms with Crippen molar-refractivity contribution in [1.82, 2.24) is 0 Å². The third-order valence-electron chi connectivity index (χ3n) is 2.98. The summed E-state index contributed by atoms with van der Waals surface area (Å²) in [5, 5.41) is 12.3. The molecule has 20 heavy (non-hydrogen) atoms. The Bertz CT molecular complexity index is 603. The molecule has 0 aliphatic rings. The molecule has 2 aromatic carbocycles. The second-order valence-electron chi connectivity index (χ2n) is 4.84. The molecule has 4 heteroatoms. The first-order valence-electron chi connectivity index (χ1n) is 6.29. The standard InChI is InChI=1S/C16H16FNO2/c1-10-7-11(2)9-14(8-10)18-15(16(19)20)12-3-5-13(17)6-4-12/h3-9,15,18H,1-2H3,(H,19,20). The van der Waals surface area contributed by atoms with Gasteiger partial charge in [-0.05, 0) is 54.8 Å². The lowest BCUT2D eigenvalue weighted by Crippen LogP contribution is -2.20. The van der Waals surface area contributed by atoms with E-state index in [0.29, 0.717) is 5.56 Å². The molecule has 0 bridgehead atoms. The van der Waals surface area contributed by atoms with E-state index in [4.69, 9.17) is 0 Å². The van der Waals surface area contributed by atoms with Gasteiger partial charge >= 0.3 is 5.97 Å². The third kappa shape index (κ3) is 3.35. The minimum atomic E-state index is -1.00. The number of nitrogens with one attached hydrogen (secondary N) is 1. The predicted octanol–water partition coefficient (Wildman–Crippen LogP) is 3.68. The number of carboxylic acid groups (broad SMARTS) is 1. The third-order valence-corrected chi connectivity index (χ3v) is 2.98. The van der Waals surface area contributed by atoms with Gasteiger partial charge in [-0.2, -0.15) is 0 Å². The van der Waals surface area contributed by atoms with E-state index in [1.807, 2.05) is 32.0 Å². The first-order chi connectivity index (χ1) is 9.45. The fourth-order valence-corrected chi connectivity index (χ4v) is 2.17. The van der Waals surface area contributed by atoms with Crippen molar-refractivity contribution in [3.8, 4) is 0 Å². The summed E-state index contributed by atoms with van der Waals surface area (Å²) < 4.78 is 12.9. The van der Waals surface area contributed by atoms with E-state index in [1.54, 1.807) is 0 Å². The topological polar surface area (TPSA) is 49.3 Å². The molecule has 3 nitrogen and oxygen atoms in total. The highest BCUT2D eigenvalue weighted by Crippen LogP contribution is 2.22. The van der Waals surface area contributed by atoms with Gasteiger partial charge in [-0.1, -0.05) is 18.2 Å². The molecule has 2 aromatic rings. The Balaban J connectivity index is 2.30. The van der Waals surface area contributed by atoms with Crippen molar-refractivity contribution in [2.75, 3.05) is 5.32 Å². The number of halogens is 1. The molecule has 1 atom stereocenters. The van der Waals surface area contributed by atoms with Crippen LogP contribution in [0.15, 0.2) is 42.5 Å². The molecule has 0 fully saturated rings. The number of anilines is 1. The van der Waals surface area contributed by atoms with Gasteiger partial charge in [0.25, 0.3) is 0 Å². The molecule has 2 rings (SSSR count). The van der Waals surface area contributed by atoms with Gasteiger partial charge in [-0.25, -0.2) is 9.18 Å². The molecule has 0 aromatic heterocycles. The van der Waals surface area contributed by atoms with Crippen molar-refractivity contribution in [2.24, 2.45) is 0 Å². The van der Waals surface area contributed by atoms with E-state index in [1.165, 1.54) is 24.3 Å². The number of rotatable bonds is 4. The largest absolute Gasteiger partial charge is 0.479 e. The number of aliphatic carboxylic acids is 1. The maximum Gasteiger partial charge on any atom is 0.330 e. The van der Waals surface area contributed by atoms with E-state index in [9.17, 15) is 14.3 Å². The fourth-order valence-electron chi connectivity index (χ4n) is 2.17. The monoisotopic (exact) mass is 273 g/mol. The van der Waals surface area contributed by atoms with Crippen LogP contribution in [-0.4, -0.2) is 11.1 Å². The van der Waals surface area contributed by atoms with Crippen molar-refractivity contribution in [3.05, 3.63) is 65.0 Å². The van der Waals surface area contributed by atoms with Crippen molar-refractivity contribution in [1.29, 1.82) is 0 Å². The van der Waals surface area contributed by atoms with E-state index >= 15 is 0 Å². The van der Waals surface area contributed by atoms with Gasteiger partial charge in [0.15, 0.2) is 6.04 Å². The van der Waals surface area contributed by atoms with E-state index in [2.05, 4.69) is 5.32 Å². The average Bonchev–Trinajstić information content (AvgIpc) is 2.36. The molecule has 1 unspecified atom stereocenters. The number of benzene rings is 2. The van der Waals surface area contributed by atoms with Crippen LogP contribution < -0.4 is 5.32 Å². The summed E-state index contributed by atoms with van der Waals surface area (Å²) >= 11 is 0. The first-order valence-corrected chi connectivity index (χ1v) is 6.29. The summed E-state index contributed by atoms with van der Waals surface area (Å²) in [5.41, 5.74) is 3.35. The predicted molar refractivity (Wildman–Crippen MR) is 76.3 cm³/mol. The van der Waals surface area contributed by atoms with Gasteiger partial charge in [0.1, 0.15) is 5.82 Å². The Hall–Kier alpha value is -2.36. The summed E-state index contributed by atoms with van der Waals surface area (Å²) in [5.74, 6) is -1.39.